The second kappa shape index (κ2) is 6.65. The standard InChI is InChI=1S/C22H32NOP/c1-21(2,3)25(24,22(4,5)6)20-16-12-10-14-18(20)17-13-9-11-15-19(17)23(7)8/h9-16H,1-8H3. The number of para-hydroxylation sites is 1. The van der Waals surface area contributed by atoms with Crippen LogP contribution in [-0.2, 0) is 4.57 Å². The van der Waals surface area contributed by atoms with Crippen LogP contribution in [0.4, 0.5) is 5.69 Å². The first kappa shape index (κ1) is 19.8. The minimum absolute atomic E-state index is 0.311. The second-order valence-corrected chi connectivity index (χ2v) is 13.3. The van der Waals surface area contributed by atoms with E-state index in [2.05, 4.69) is 96.9 Å². The van der Waals surface area contributed by atoms with E-state index in [1.54, 1.807) is 0 Å². The highest BCUT2D eigenvalue weighted by atomic mass is 31.2. The van der Waals surface area contributed by atoms with Crippen molar-refractivity contribution in [2.45, 2.75) is 51.9 Å². The van der Waals surface area contributed by atoms with Gasteiger partial charge in [0.15, 0.2) is 0 Å². The molecule has 0 spiro atoms. The Morgan fingerprint density at radius 1 is 0.720 bits per heavy atom. The summed E-state index contributed by atoms with van der Waals surface area (Å²) in [6, 6.07) is 16.6. The Kier molecular flexibility index (Phi) is 5.26. The number of nitrogens with zero attached hydrogens (tertiary/aromatic N) is 1. The average Bonchev–Trinajstić information content (AvgIpc) is 2.52. The topological polar surface area (TPSA) is 20.3 Å². The van der Waals surface area contributed by atoms with Gasteiger partial charge in [0, 0.05) is 41.0 Å². The van der Waals surface area contributed by atoms with E-state index in [9.17, 15) is 4.57 Å². The van der Waals surface area contributed by atoms with Gasteiger partial charge in [-0.1, -0.05) is 84.0 Å². The zero-order chi connectivity index (χ0) is 19.0. The van der Waals surface area contributed by atoms with Gasteiger partial charge in [-0.15, -0.1) is 0 Å². The van der Waals surface area contributed by atoms with Gasteiger partial charge in [-0.2, -0.15) is 0 Å². The van der Waals surface area contributed by atoms with Gasteiger partial charge in [-0.05, 0) is 11.6 Å². The van der Waals surface area contributed by atoms with E-state index in [4.69, 9.17) is 0 Å². The lowest BCUT2D eigenvalue weighted by atomic mass is 10.0. The Bertz CT molecular complexity index is 776. The van der Waals surface area contributed by atoms with E-state index in [1.807, 2.05) is 12.1 Å². The third-order valence-corrected chi connectivity index (χ3v) is 9.66. The van der Waals surface area contributed by atoms with E-state index in [-0.39, 0.29) is 10.3 Å². The predicted molar refractivity (Wildman–Crippen MR) is 113 cm³/mol. The average molecular weight is 357 g/mol. The number of hydrogen-bond acceptors (Lipinski definition) is 2. The molecule has 2 nitrogen and oxygen atoms in total. The van der Waals surface area contributed by atoms with Gasteiger partial charge in [-0.25, -0.2) is 0 Å². The molecule has 0 bridgehead atoms. The van der Waals surface area contributed by atoms with Crippen LogP contribution in [0, 0.1) is 0 Å². The van der Waals surface area contributed by atoms with Crippen molar-refractivity contribution in [3.05, 3.63) is 48.5 Å². The van der Waals surface area contributed by atoms with Crippen LogP contribution in [-0.4, -0.2) is 24.4 Å². The molecule has 0 radical (unpaired) electrons. The van der Waals surface area contributed by atoms with Crippen LogP contribution in [0.5, 0.6) is 0 Å². The normalized spacial score (nSPS) is 13.0. The molecule has 136 valence electrons. The SMILES string of the molecule is CN(C)c1ccccc1-c1ccccc1P(=O)(C(C)(C)C)C(C)(C)C. The fourth-order valence-corrected chi connectivity index (χ4v) is 8.08. The van der Waals surface area contributed by atoms with Crippen molar-refractivity contribution in [1.29, 1.82) is 0 Å². The summed E-state index contributed by atoms with van der Waals surface area (Å²) in [6.45, 7) is 12.6. The molecular weight excluding hydrogens is 325 g/mol. The predicted octanol–water partition coefficient (Wildman–Crippen LogP) is 6.01. The van der Waals surface area contributed by atoms with Crippen molar-refractivity contribution in [3.63, 3.8) is 0 Å². The summed E-state index contributed by atoms with van der Waals surface area (Å²) in [5.74, 6) is 0. The fourth-order valence-electron chi connectivity index (χ4n) is 3.80. The zero-order valence-electron chi connectivity index (χ0n) is 16.9. The Morgan fingerprint density at radius 3 is 1.64 bits per heavy atom. The first-order valence-corrected chi connectivity index (χ1v) is 10.6. The summed E-state index contributed by atoms with van der Waals surface area (Å²) in [4.78, 5) is 2.12. The maximum absolute atomic E-state index is 14.5. The molecule has 0 fully saturated rings. The molecule has 0 saturated heterocycles. The number of benzene rings is 2. The van der Waals surface area contributed by atoms with Gasteiger partial charge in [0.2, 0.25) is 0 Å². The molecule has 0 unspecified atom stereocenters. The molecule has 3 heteroatoms. The maximum atomic E-state index is 14.5. The molecule has 0 N–H and O–H groups in total. The van der Waals surface area contributed by atoms with Gasteiger partial charge in [0.05, 0.1) is 0 Å². The third kappa shape index (κ3) is 3.42. The number of hydrogen-bond donors (Lipinski definition) is 0. The van der Waals surface area contributed by atoms with Crippen molar-refractivity contribution in [1.82, 2.24) is 0 Å². The lowest BCUT2D eigenvalue weighted by Crippen LogP contribution is -2.35. The summed E-state index contributed by atoms with van der Waals surface area (Å²) in [5.41, 5.74) is 3.36. The van der Waals surface area contributed by atoms with Crippen LogP contribution in [0.15, 0.2) is 48.5 Å². The Balaban J connectivity index is 2.86. The van der Waals surface area contributed by atoms with Gasteiger partial charge < -0.3 is 9.46 Å². The van der Waals surface area contributed by atoms with Gasteiger partial charge in [-0.3, -0.25) is 0 Å². The monoisotopic (exact) mass is 357 g/mol. The van der Waals surface area contributed by atoms with Crippen LogP contribution in [0.1, 0.15) is 41.5 Å². The smallest absolute Gasteiger partial charge is 0.126 e. The van der Waals surface area contributed by atoms with E-state index in [0.717, 1.165) is 22.1 Å². The Hall–Kier alpha value is -1.53. The third-order valence-electron chi connectivity index (χ3n) is 4.81. The van der Waals surface area contributed by atoms with Crippen LogP contribution >= 0.6 is 7.14 Å². The maximum Gasteiger partial charge on any atom is 0.126 e. The van der Waals surface area contributed by atoms with Crippen molar-refractivity contribution in [3.8, 4) is 11.1 Å². The molecule has 0 aliphatic rings. The summed E-state index contributed by atoms with van der Waals surface area (Å²) in [7, 11) is 1.39. The van der Waals surface area contributed by atoms with Gasteiger partial charge in [0.1, 0.15) is 7.14 Å². The molecule has 25 heavy (non-hydrogen) atoms. The minimum Gasteiger partial charge on any atom is -0.377 e. The van der Waals surface area contributed by atoms with E-state index < -0.39 is 7.14 Å². The molecule has 0 heterocycles. The number of rotatable bonds is 3. The summed E-state index contributed by atoms with van der Waals surface area (Å²) < 4.78 is 14.5. The van der Waals surface area contributed by atoms with Crippen molar-refractivity contribution < 1.29 is 4.57 Å². The number of anilines is 1. The van der Waals surface area contributed by atoms with Crippen LogP contribution < -0.4 is 10.2 Å². The zero-order valence-corrected chi connectivity index (χ0v) is 17.8. The molecule has 0 aliphatic carbocycles. The molecule has 2 aromatic rings. The molecule has 2 rings (SSSR count). The van der Waals surface area contributed by atoms with Crippen LogP contribution in [0.25, 0.3) is 11.1 Å². The summed E-state index contributed by atoms with van der Waals surface area (Å²) in [6.07, 6.45) is 0. The lowest BCUT2D eigenvalue weighted by molar-refractivity contribution is 0.527. The molecule has 0 atom stereocenters. The summed E-state index contributed by atoms with van der Waals surface area (Å²) in [5, 5.41) is 0.368. The second-order valence-electron chi connectivity index (χ2n) is 8.88. The van der Waals surface area contributed by atoms with Crippen LogP contribution in [0.2, 0.25) is 0 Å². The quantitative estimate of drug-likeness (QED) is 0.627. The highest BCUT2D eigenvalue weighted by Crippen LogP contribution is 2.66. The molecule has 2 aromatic carbocycles. The van der Waals surface area contributed by atoms with Crippen molar-refractivity contribution in [2.75, 3.05) is 19.0 Å². The molecule has 0 aromatic heterocycles. The lowest BCUT2D eigenvalue weighted by Gasteiger charge is -2.42. The highest BCUT2D eigenvalue weighted by molar-refractivity contribution is 7.74. The highest BCUT2D eigenvalue weighted by Gasteiger charge is 2.48. The summed E-state index contributed by atoms with van der Waals surface area (Å²) >= 11 is 0. The van der Waals surface area contributed by atoms with E-state index in [1.165, 1.54) is 0 Å². The fraction of sp³-hybridized carbons (Fsp3) is 0.455. The van der Waals surface area contributed by atoms with Gasteiger partial charge >= 0.3 is 0 Å². The van der Waals surface area contributed by atoms with Crippen LogP contribution in [0.3, 0.4) is 0 Å². The van der Waals surface area contributed by atoms with Crippen molar-refractivity contribution in [2.24, 2.45) is 0 Å². The largest absolute Gasteiger partial charge is 0.377 e. The molecule has 0 amide bonds. The Morgan fingerprint density at radius 2 is 1.16 bits per heavy atom. The van der Waals surface area contributed by atoms with E-state index >= 15 is 0 Å². The molecular formula is C22H32NOP. The molecule has 0 saturated carbocycles. The Labute approximate surface area is 153 Å². The van der Waals surface area contributed by atoms with Crippen molar-refractivity contribution >= 4 is 18.1 Å². The van der Waals surface area contributed by atoms with Gasteiger partial charge in [0.25, 0.3) is 0 Å². The minimum atomic E-state index is -2.71. The molecule has 0 aliphatic heterocycles. The first-order valence-electron chi connectivity index (χ1n) is 8.88. The van der Waals surface area contributed by atoms with E-state index in [0.29, 0.717) is 0 Å². The first-order chi connectivity index (χ1) is 11.4.